The van der Waals surface area contributed by atoms with E-state index in [1.807, 2.05) is 0 Å². The standard InChI is InChI=1S/C55H47N/c1-36-32-51-52(55(4,5)31-30-54(51,2)3)35-53(36)56(41-26-22-37(23-27-41)49-33-39-14-6-8-16-43(39)45-18-10-12-20-47(45)49)42-28-24-38(25-29-42)50-34-40-15-7-9-17-44(40)46-19-11-13-21-48(46)50/h6-29,32-35H,30-31H2,1-5H3. The van der Waals surface area contributed by atoms with Gasteiger partial charge in [0.05, 0.1) is 0 Å². The van der Waals surface area contributed by atoms with E-state index in [1.165, 1.54) is 101 Å². The fourth-order valence-electron chi connectivity index (χ4n) is 9.55. The topological polar surface area (TPSA) is 3.24 Å². The van der Waals surface area contributed by atoms with Crippen molar-refractivity contribution in [3.63, 3.8) is 0 Å². The van der Waals surface area contributed by atoms with Crippen molar-refractivity contribution < 1.29 is 0 Å². The maximum absolute atomic E-state index is 2.51. The minimum atomic E-state index is 0.0982. The average molecular weight is 722 g/mol. The number of aryl methyl sites for hydroxylation is 1. The first-order chi connectivity index (χ1) is 27.2. The Morgan fingerprint density at radius 3 is 1.21 bits per heavy atom. The fraction of sp³-hybridized carbons (Fsp3) is 0.164. The van der Waals surface area contributed by atoms with Crippen molar-refractivity contribution in [2.24, 2.45) is 0 Å². The molecule has 0 fully saturated rings. The Bertz CT molecular complexity index is 2800. The second-order valence-electron chi connectivity index (χ2n) is 17.3. The molecule has 0 heterocycles. The summed E-state index contributed by atoms with van der Waals surface area (Å²) in [4.78, 5) is 2.48. The van der Waals surface area contributed by atoms with Gasteiger partial charge in [0.2, 0.25) is 0 Å². The molecular formula is C55H47N. The van der Waals surface area contributed by atoms with Gasteiger partial charge >= 0.3 is 0 Å². The van der Waals surface area contributed by atoms with Crippen LogP contribution in [-0.4, -0.2) is 0 Å². The molecule has 0 spiro atoms. The van der Waals surface area contributed by atoms with Crippen LogP contribution < -0.4 is 4.90 Å². The van der Waals surface area contributed by atoms with Crippen LogP contribution in [0.4, 0.5) is 17.1 Å². The maximum Gasteiger partial charge on any atom is 0.0493 e. The summed E-state index contributed by atoms with van der Waals surface area (Å²) in [5.74, 6) is 0. The molecule has 0 radical (unpaired) electrons. The van der Waals surface area contributed by atoms with Crippen molar-refractivity contribution >= 4 is 60.2 Å². The van der Waals surface area contributed by atoms with Gasteiger partial charge in [-0.25, -0.2) is 0 Å². The quantitative estimate of drug-likeness (QED) is 0.160. The Labute approximate surface area is 330 Å². The SMILES string of the molecule is Cc1cc2c(cc1N(c1ccc(-c3cc4ccccc4c4ccccc34)cc1)c1ccc(-c3cc4ccccc4c4ccccc34)cc1)C(C)(C)CCC2(C)C. The van der Waals surface area contributed by atoms with Gasteiger partial charge in [0, 0.05) is 17.1 Å². The first kappa shape index (κ1) is 34.3. The largest absolute Gasteiger partial charge is 0.310 e. The van der Waals surface area contributed by atoms with Crippen molar-refractivity contribution in [1.29, 1.82) is 0 Å². The van der Waals surface area contributed by atoms with E-state index in [4.69, 9.17) is 0 Å². The molecule has 56 heavy (non-hydrogen) atoms. The Balaban J connectivity index is 1.13. The van der Waals surface area contributed by atoms with Crippen LogP contribution in [0.3, 0.4) is 0 Å². The predicted octanol–water partition coefficient (Wildman–Crippen LogP) is 15.8. The van der Waals surface area contributed by atoms with Crippen molar-refractivity contribution in [3.05, 3.63) is 187 Å². The number of hydrogen-bond acceptors (Lipinski definition) is 1. The van der Waals surface area contributed by atoms with E-state index in [9.17, 15) is 0 Å². The van der Waals surface area contributed by atoms with Gasteiger partial charge in [-0.1, -0.05) is 155 Å². The molecule has 0 saturated carbocycles. The molecule has 0 amide bonds. The number of anilines is 3. The normalized spacial score (nSPS) is 14.7. The summed E-state index contributed by atoms with van der Waals surface area (Å²) in [6, 6.07) is 63.4. The molecule has 1 nitrogen and oxygen atoms in total. The van der Waals surface area contributed by atoms with Gasteiger partial charge in [-0.2, -0.15) is 0 Å². The minimum Gasteiger partial charge on any atom is -0.310 e. The summed E-state index contributed by atoms with van der Waals surface area (Å²) < 4.78 is 0. The predicted molar refractivity (Wildman–Crippen MR) is 242 cm³/mol. The highest BCUT2D eigenvalue weighted by Gasteiger charge is 2.38. The van der Waals surface area contributed by atoms with E-state index >= 15 is 0 Å². The van der Waals surface area contributed by atoms with Crippen LogP contribution in [0, 0.1) is 6.92 Å². The molecule has 1 aliphatic carbocycles. The Morgan fingerprint density at radius 2 is 0.768 bits per heavy atom. The van der Waals surface area contributed by atoms with E-state index in [2.05, 4.69) is 209 Å². The lowest BCUT2D eigenvalue weighted by atomic mass is 9.63. The molecule has 0 bridgehead atoms. The fourth-order valence-corrected chi connectivity index (χ4v) is 9.55. The van der Waals surface area contributed by atoms with Crippen LogP contribution in [0.5, 0.6) is 0 Å². The van der Waals surface area contributed by atoms with Gasteiger partial charge in [-0.3, -0.25) is 0 Å². The van der Waals surface area contributed by atoms with Gasteiger partial charge in [0.15, 0.2) is 0 Å². The summed E-state index contributed by atoms with van der Waals surface area (Å²) in [7, 11) is 0. The third-order valence-electron chi connectivity index (χ3n) is 12.8. The van der Waals surface area contributed by atoms with Gasteiger partial charge in [0.1, 0.15) is 0 Å². The summed E-state index contributed by atoms with van der Waals surface area (Å²) in [6.45, 7) is 12.0. The third kappa shape index (κ3) is 5.60. The molecule has 0 aliphatic heterocycles. The lowest BCUT2D eigenvalue weighted by Crippen LogP contribution is -2.34. The Kier molecular flexibility index (Phi) is 7.94. The molecule has 0 atom stereocenters. The molecule has 0 aromatic heterocycles. The van der Waals surface area contributed by atoms with Crippen LogP contribution in [0.1, 0.15) is 57.2 Å². The molecule has 10 rings (SSSR count). The lowest BCUT2D eigenvalue weighted by molar-refractivity contribution is 0.332. The first-order valence-corrected chi connectivity index (χ1v) is 20.1. The van der Waals surface area contributed by atoms with Crippen LogP contribution in [-0.2, 0) is 10.8 Å². The van der Waals surface area contributed by atoms with E-state index in [0.717, 1.165) is 11.4 Å². The highest BCUT2D eigenvalue weighted by Crippen LogP contribution is 2.50. The molecule has 9 aromatic rings. The molecule has 0 saturated heterocycles. The second kappa shape index (κ2) is 13.0. The number of benzene rings is 9. The van der Waals surface area contributed by atoms with E-state index in [1.54, 1.807) is 0 Å². The van der Waals surface area contributed by atoms with Gasteiger partial charge in [0.25, 0.3) is 0 Å². The van der Waals surface area contributed by atoms with Crippen LogP contribution in [0.15, 0.2) is 170 Å². The van der Waals surface area contributed by atoms with Crippen molar-refractivity contribution in [2.75, 3.05) is 4.90 Å². The molecule has 1 heteroatoms. The van der Waals surface area contributed by atoms with Gasteiger partial charge < -0.3 is 4.90 Å². The second-order valence-corrected chi connectivity index (χ2v) is 17.3. The monoisotopic (exact) mass is 721 g/mol. The number of hydrogen-bond donors (Lipinski definition) is 0. The average Bonchev–Trinajstić information content (AvgIpc) is 3.23. The van der Waals surface area contributed by atoms with Gasteiger partial charge in [-0.15, -0.1) is 0 Å². The minimum absolute atomic E-state index is 0.0982. The summed E-state index contributed by atoms with van der Waals surface area (Å²) in [5.41, 5.74) is 13.0. The molecular weight excluding hydrogens is 675 g/mol. The van der Waals surface area contributed by atoms with E-state index < -0.39 is 0 Å². The van der Waals surface area contributed by atoms with Crippen LogP contribution in [0.2, 0.25) is 0 Å². The number of rotatable bonds is 5. The van der Waals surface area contributed by atoms with E-state index in [-0.39, 0.29) is 10.8 Å². The molecule has 272 valence electrons. The highest BCUT2D eigenvalue weighted by molar-refractivity contribution is 6.15. The molecule has 1 aliphatic rings. The zero-order valence-electron chi connectivity index (χ0n) is 33.0. The molecule has 9 aromatic carbocycles. The summed E-state index contributed by atoms with van der Waals surface area (Å²) in [6.07, 6.45) is 2.38. The summed E-state index contributed by atoms with van der Waals surface area (Å²) in [5, 5.41) is 10.3. The highest BCUT2D eigenvalue weighted by atomic mass is 15.1. The van der Waals surface area contributed by atoms with E-state index in [0.29, 0.717) is 0 Å². The maximum atomic E-state index is 2.51. The number of fused-ring (bicyclic) bond motifs is 7. The Hall–Kier alpha value is -6.18. The van der Waals surface area contributed by atoms with Crippen LogP contribution >= 0.6 is 0 Å². The molecule has 0 N–H and O–H groups in total. The first-order valence-electron chi connectivity index (χ1n) is 20.1. The summed E-state index contributed by atoms with van der Waals surface area (Å²) >= 11 is 0. The number of nitrogens with zero attached hydrogens (tertiary/aromatic N) is 1. The molecule has 0 unspecified atom stereocenters. The third-order valence-corrected chi connectivity index (χ3v) is 12.8. The van der Waals surface area contributed by atoms with Crippen molar-refractivity contribution in [2.45, 2.75) is 58.3 Å². The van der Waals surface area contributed by atoms with Crippen molar-refractivity contribution in [1.82, 2.24) is 0 Å². The zero-order chi connectivity index (χ0) is 38.2. The zero-order valence-corrected chi connectivity index (χ0v) is 33.0. The smallest absolute Gasteiger partial charge is 0.0493 e. The Morgan fingerprint density at radius 1 is 0.393 bits per heavy atom. The van der Waals surface area contributed by atoms with Gasteiger partial charge in [-0.05, 0) is 155 Å². The van der Waals surface area contributed by atoms with Crippen molar-refractivity contribution in [3.8, 4) is 22.3 Å². The van der Waals surface area contributed by atoms with Crippen LogP contribution in [0.25, 0.3) is 65.3 Å². The lowest BCUT2D eigenvalue weighted by Gasteiger charge is -2.43.